The van der Waals surface area contributed by atoms with Crippen LogP contribution in [0, 0.1) is 6.92 Å². The highest BCUT2D eigenvalue weighted by molar-refractivity contribution is 9.10. The summed E-state index contributed by atoms with van der Waals surface area (Å²) in [5, 5.41) is 21.8. The van der Waals surface area contributed by atoms with Crippen molar-refractivity contribution in [3.63, 3.8) is 0 Å². The molecule has 0 radical (unpaired) electrons. The number of benzene rings is 3. The summed E-state index contributed by atoms with van der Waals surface area (Å²) in [4.78, 5) is 17.8. The lowest BCUT2D eigenvalue weighted by Gasteiger charge is -2.38. The van der Waals surface area contributed by atoms with Crippen LogP contribution in [-0.4, -0.2) is 62.2 Å². The van der Waals surface area contributed by atoms with Crippen molar-refractivity contribution in [2.75, 3.05) is 41.9 Å². The van der Waals surface area contributed by atoms with E-state index in [1.807, 2.05) is 70.9 Å². The van der Waals surface area contributed by atoms with Crippen molar-refractivity contribution in [3.05, 3.63) is 110 Å². The Morgan fingerprint density at radius 1 is 1.00 bits per heavy atom. The van der Waals surface area contributed by atoms with Crippen LogP contribution in [0.4, 0.5) is 11.4 Å². The molecular weight excluding hydrogens is 678 g/mol. The number of carbonyl (C=O) groups excluding carboxylic acids is 1. The van der Waals surface area contributed by atoms with Crippen LogP contribution in [0.1, 0.15) is 32.8 Å². The number of hydrogen-bond donors (Lipinski definition) is 2. The largest absolute Gasteiger partial charge is 0.455 e. The summed E-state index contributed by atoms with van der Waals surface area (Å²) < 4.78 is 36.9. The van der Waals surface area contributed by atoms with Crippen LogP contribution in [0.5, 0.6) is 0 Å². The number of aliphatic hydroxyl groups is 2. The van der Waals surface area contributed by atoms with Crippen LogP contribution in [0.3, 0.4) is 0 Å². The van der Waals surface area contributed by atoms with Crippen molar-refractivity contribution in [1.29, 1.82) is 0 Å². The maximum Gasteiger partial charge on any atom is 0.265 e. The monoisotopic (exact) mass is 709 g/mol. The number of hydrogen-bond acceptors (Lipinski definition) is 8. The van der Waals surface area contributed by atoms with Gasteiger partial charge >= 0.3 is 0 Å². The van der Waals surface area contributed by atoms with Gasteiger partial charge in [-0.2, -0.15) is 0 Å². The molecule has 0 aliphatic carbocycles. The molecule has 234 valence electrons. The molecule has 2 aromatic heterocycles. The number of thiophene rings is 1. The highest BCUT2D eigenvalue weighted by atomic mass is 79.9. The minimum Gasteiger partial charge on any atom is -0.455 e. The molecule has 3 aromatic carbocycles. The SMILES string of the molecule is Cc1c(C(O)O)oc2ccc(S(=O)(=O)N(CCc3ccccc3)c3ccccc3N3CCN(C(=O)c4sccc4Br)CC3)cc12. The highest BCUT2D eigenvalue weighted by Crippen LogP contribution is 2.36. The number of halogens is 1. The predicted molar refractivity (Wildman–Crippen MR) is 179 cm³/mol. The quantitative estimate of drug-likeness (QED) is 0.182. The number of anilines is 2. The molecule has 0 bridgehead atoms. The number of aliphatic hydroxyl groups excluding tert-OH is 1. The molecule has 5 aromatic rings. The van der Waals surface area contributed by atoms with Gasteiger partial charge < -0.3 is 24.4 Å². The topological polar surface area (TPSA) is 115 Å². The Morgan fingerprint density at radius 2 is 1.71 bits per heavy atom. The number of nitrogens with zero attached hydrogens (tertiary/aromatic N) is 3. The molecule has 6 rings (SSSR count). The van der Waals surface area contributed by atoms with E-state index in [-0.39, 0.29) is 23.1 Å². The van der Waals surface area contributed by atoms with Gasteiger partial charge in [-0.25, -0.2) is 8.42 Å². The molecule has 3 heterocycles. The van der Waals surface area contributed by atoms with E-state index in [1.54, 1.807) is 13.0 Å². The van der Waals surface area contributed by atoms with E-state index >= 15 is 0 Å². The standard InChI is InChI=1S/C33H32BrN3O6S2/c1-22-25-21-24(11-12-29(25)43-30(22)33(39)40)45(41,42)37(15-13-23-7-3-2-4-8-23)28-10-6-5-9-27(28)35-16-18-36(19-17-35)32(38)31-26(34)14-20-44-31/h2-12,14,20-21,33,39-40H,13,15-19H2,1H3. The fraction of sp³-hybridized carbons (Fsp3) is 0.242. The summed E-state index contributed by atoms with van der Waals surface area (Å²) in [5.74, 6) is -0.0337. The zero-order valence-corrected chi connectivity index (χ0v) is 27.7. The minimum absolute atomic E-state index is 0.0151. The first-order valence-electron chi connectivity index (χ1n) is 14.5. The van der Waals surface area contributed by atoms with Crippen LogP contribution in [0.25, 0.3) is 11.0 Å². The van der Waals surface area contributed by atoms with Crippen LogP contribution < -0.4 is 9.21 Å². The molecule has 45 heavy (non-hydrogen) atoms. The lowest BCUT2D eigenvalue weighted by Crippen LogP contribution is -2.49. The van der Waals surface area contributed by atoms with Crippen LogP contribution in [0.15, 0.2) is 98.0 Å². The Kier molecular flexibility index (Phi) is 9.03. The van der Waals surface area contributed by atoms with Crippen molar-refractivity contribution in [2.24, 2.45) is 0 Å². The van der Waals surface area contributed by atoms with E-state index in [1.165, 1.54) is 27.8 Å². The number of para-hydroxylation sites is 2. The van der Waals surface area contributed by atoms with E-state index in [0.717, 1.165) is 15.7 Å². The second kappa shape index (κ2) is 13.0. The van der Waals surface area contributed by atoms with Crippen molar-refractivity contribution in [1.82, 2.24) is 4.90 Å². The number of fused-ring (bicyclic) bond motifs is 1. The summed E-state index contributed by atoms with van der Waals surface area (Å²) in [7, 11) is -4.09. The number of carbonyl (C=O) groups is 1. The Morgan fingerprint density at radius 3 is 2.40 bits per heavy atom. The fourth-order valence-electron chi connectivity index (χ4n) is 5.68. The second-order valence-corrected chi connectivity index (χ2v) is 14.4. The van der Waals surface area contributed by atoms with E-state index in [4.69, 9.17) is 4.42 Å². The molecule has 2 N–H and O–H groups in total. The molecule has 0 spiro atoms. The normalized spacial score (nSPS) is 14.0. The van der Waals surface area contributed by atoms with Crippen molar-refractivity contribution >= 4 is 65.5 Å². The van der Waals surface area contributed by atoms with Crippen molar-refractivity contribution in [3.8, 4) is 0 Å². The molecule has 1 aliphatic rings. The molecule has 0 saturated carbocycles. The molecular formula is C33H32BrN3O6S2. The van der Waals surface area contributed by atoms with Gasteiger partial charge in [0.2, 0.25) is 6.29 Å². The van der Waals surface area contributed by atoms with Gasteiger partial charge in [-0.1, -0.05) is 42.5 Å². The molecule has 1 fully saturated rings. The van der Waals surface area contributed by atoms with Crippen LogP contribution >= 0.6 is 27.3 Å². The highest BCUT2D eigenvalue weighted by Gasteiger charge is 2.31. The van der Waals surface area contributed by atoms with Gasteiger partial charge in [0.15, 0.2) is 5.76 Å². The Labute approximate surface area is 274 Å². The van der Waals surface area contributed by atoms with Gasteiger partial charge in [0.1, 0.15) is 10.5 Å². The van der Waals surface area contributed by atoms with E-state index in [2.05, 4.69) is 20.8 Å². The van der Waals surface area contributed by atoms with Gasteiger partial charge in [0.25, 0.3) is 15.9 Å². The van der Waals surface area contributed by atoms with Crippen LogP contribution in [-0.2, 0) is 16.4 Å². The third-order valence-electron chi connectivity index (χ3n) is 8.08. The lowest BCUT2D eigenvalue weighted by atomic mass is 10.1. The Hall–Kier alpha value is -3.68. The summed E-state index contributed by atoms with van der Waals surface area (Å²) >= 11 is 4.87. The average Bonchev–Trinajstić information content (AvgIpc) is 3.64. The first-order chi connectivity index (χ1) is 21.6. The minimum atomic E-state index is -4.09. The number of rotatable bonds is 9. The maximum absolute atomic E-state index is 14.5. The van der Waals surface area contributed by atoms with Gasteiger partial charge in [-0.3, -0.25) is 9.10 Å². The summed E-state index contributed by atoms with van der Waals surface area (Å²) in [5.41, 5.74) is 3.15. The van der Waals surface area contributed by atoms with E-state index in [9.17, 15) is 23.4 Å². The smallest absolute Gasteiger partial charge is 0.265 e. The zero-order chi connectivity index (χ0) is 31.7. The number of aryl methyl sites for hydroxylation is 1. The average molecular weight is 711 g/mol. The third-order valence-corrected chi connectivity index (χ3v) is 11.7. The van der Waals surface area contributed by atoms with Gasteiger partial charge in [-0.15, -0.1) is 11.3 Å². The van der Waals surface area contributed by atoms with Gasteiger partial charge in [-0.05, 0) is 76.6 Å². The van der Waals surface area contributed by atoms with Crippen molar-refractivity contribution < 1.29 is 27.8 Å². The Balaban J connectivity index is 1.34. The number of furan rings is 1. The first-order valence-corrected chi connectivity index (χ1v) is 17.6. The lowest BCUT2D eigenvalue weighted by molar-refractivity contribution is -0.0576. The molecule has 1 amide bonds. The molecule has 9 nitrogen and oxygen atoms in total. The zero-order valence-electron chi connectivity index (χ0n) is 24.5. The van der Waals surface area contributed by atoms with Gasteiger partial charge in [0.05, 0.1) is 16.3 Å². The van der Waals surface area contributed by atoms with E-state index < -0.39 is 16.3 Å². The molecule has 1 aliphatic heterocycles. The second-order valence-electron chi connectivity index (χ2n) is 10.8. The third kappa shape index (κ3) is 6.25. The first kappa shape index (κ1) is 31.3. The Bertz CT molecular complexity index is 1930. The molecule has 1 saturated heterocycles. The maximum atomic E-state index is 14.5. The van der Waals surface area contributed by atoms with Gasteiger partial charge in [0, 0.05) is 48.1 Å². The number of piperazine rings is 1. The molecule has 12 heteroatoms. The summed E-state index contributed by atoms with van der Waals surface area (Å²) in [6.45, 7) is 3.96. The van der Waals surface area contributed by atoms with E-state index in [0.29, 0.717) is 59.7 Å². The molecule has 0 atom stereocenters. The molecule has 0 unspecified atom stereocenters. The summed E-state index contributed by atoms with van der Waals surface area (Å²) in [6.07, 6.45) is -1.32. The fourth-order valence-corrected chi connectivity index (χ4v) is 8.70. The van der Waals surface area contributed by atoms with Crippen LogP contribution in [0.2, 0.25) is 0 Å². The van der Waals surface area contributed by atoms with Crippen molar-refractivity contribution in [2.45, 2.75) is 24.5 Å². The number of sulfonamides is 1. The predicted octanol–water partition coefficient (Wildman–Crippen LogP) is 5.95. The number of amides is 1. The summed E-state index contributed by atoms with van der Waals surface area (Å²) in [6, 6.07) is 23.6.